The molecule has 11 aromatic carbocycles. The maximum atomic E-state index is 7.44. The molecule has 6 nitrogen and oxygen atoms in total. The first-order valence-electron chi connectivity index (χ1n) is 27.8. The van der Waals surface area contributed by atoms with Crippen LogP contribution in [0.4, 0.5) is 34.1 Å². The van der Waals surface area contributed by atoms with Crippen LogP contribution >= 0.6 is 0 Å². The molecule has 0 amide bonds. The Bertz CT molecular complexity index is 4170. The monoisotopic (exact) mass is 1030 g/mol. The number of benzene rings is 11. The van der Waals surface area contributed by atoms with Gasteiger partial charge in [0.15, 0.2) is 0 Å². The van der Waals surface area contributed by atoms with Gasteiger partial charge in [0, 0.05) is 56.1 Å². The standard InChI is InChI=1S/C72H50B2N2O4/c1-71(2)53-37-47(77-45-25-13-7-14-26-45)33-35-49(53)51-39-61-67-69(65(51)71)79-63-31-19-17-29-55(63)73(67)57-41-58-60(42-59(57)75(61)43-21-9-5-10-22-43)76(44-23-11-6-12-24-44)62-40-52-50-36-34-48(78-46-27-15-8-16-28-46)38-54(50)72(3,4)66(52)70-68(62)74(58)56-30-18-20-32-64(56)80-70/h5-42H,1-4H3. The van der Waals surface area contributed by atoms with Crippen molar-refractivity contribution in [3.05, 3.63) is 253 Å². The van der Waals surface area contributed by atoms with E-state index in [1.54, 1.807) is 0 Å². The Morgan fingerprint density at radius 2 is 0.725 bits per heavy atom. The predicted molar refractivity (Wildman–Crippen MR) is 326 cm³/mol. The van der Waals surface area contributed by atoms with Crippen LogP contribution < -0.4 is 61.5 Å². The third-order valence-electron chi connectivity index (χ3n) is 18.0. The van der Waals surface area contributed by atoms with Crippen molar-refractivity contribution in [2.75, 3.05) is 9.80 Å². The fraction of sp³-hybridized carbons (Fsp3) is 0.0833. The summed E-state index contributed by atoms with van der Waals surface area (Å²) in [6.07, 6.45) is 0. The number of hydrogen-bond donors (Lipinski definition) is 0. The van der Waals surface area contributed by atoms with Gasteiger partial charge < -0.3 is 28.7 Å². The van der Waals surface area contributed by atoms with Crippen LogP contribution in [-0.4, -0.2) is 13.4 Å². The van der Waals surface area contributed by atoms with E-state index in [9.17, 15) is 0 Å². The van der Waals surface area contributed by atoms with Gasteiger partial charge in [-0.3, -0.25) is 0 Å². The molecule has 0 aromatic heterocycles. The largest absolute Gasteiger partial charge is 0.458 e. The number of fused-ring (bicyclic) bond motifs is 16. The minimum absolute atomic E-state index is 0.158. The highest BCUT2D eigenvalue weighted by atomic mass is 16.5. The molecule has 0 unspecified atom stereocenters. The quantitative estimate of drug-likeness (QED) is 0.155. The Kier molecular flexibility index (Phi) is 9.33. The lowest BCUT2D eigenvalue weighted by atomic mass is 9.30. The fourth-order valence-electron chi connectivity index (χ4n) is 14.6. The van der Waals surface area contributed by atoms with Crippen LogP contribution in [0.5, 0.6) is 46.0 Å². The molecule has 17 rings (SSSR count). The lowest BCUT2D eigenvalue weighted by molar-refractivity contribution is 0.467. The molecule has 8 heteroatoms. The Balaban J connectivity index is 0.929. The smallest absolute Gasteiger partial charge is 0.256 e. The molecule has 0 saturated heterocycles. The number of rotatable bonds is 6. The highest BCUT2D eigenvalue weighted by Crippen LogP contribution is 2.59. The highest BCUT2D eigenvalue weighted by Gasteiger charge is 2.52. The molecular formula is C72H50B2N2O4. The first-order valence-corrected chi connectivity index (χ1v) is 27.8. The molecule has 0 radical (unpaired) electrons. The summed E-state index contributed by atoms with van der Waals surface area (Å²) >= 11 is 0. The Hall–Kier alpha value is -9.65. The van der Waals surface area contributed by atoms with Crippen LogP contribution in [0.1, 0.15) is 49.9 Å². The lowest BCUT2D eigenvalue weighted by Gasteiger charge is -2.45. The molecule has 0 atom stereocenters. The third-order valence-corrected chi connectivity index (χ3v) is 18.0. The molecule has 6 aliphatic rings. The summed E-state index contributed by atoms with van der Waals surface area (Å²) in [6, 6.07) is 82.5. The Morgan fingerprint density at radius 3 is 1.15 bits per heavy atom. The van der Waals surface area contributed by atoms with Gasteiger partial charge in [0.2, 0.25) is 0 Å². The molecule has 2 aliphatic carbocycles. The minimum Gasteiger partial charge on any atom is -0.458 e. The van der Waals surface area contributed by atoms with Gasteiger partial charge in [0.05, 0.1) is 0 Å². The van der Waals surface area contributed by atoms with E-state index in [0.29, 0.717) is 0 Å². The number of ether oxygens (including phenoxy) is 4. The van der Waals surface area contributed by atoms with Crippen molar-refractivity contribution >= 4 is 80.3 Å². The molecule has 4 heterocycles. The molecular weight excluding hydrogens is 978 g/mol. The van der Waals surface area contributed by atoms with Crippen LogP contribution in [0.3, 0.4) is 0 Å². The van der Waals surface area contributed by atoms with Gasteiger partial charge in [0.25, 0.3) is 13.4 Å². The second-order valence-electron chi connectivity index (χ2n) is 23.1. The van der Waals surface area contributed by atoms with Crippen molar-refractivity contribution in [3.8, 4) is 68.2 Å². The molecule has 0 fully saturated rings. The summed E-state index contributed by atoms with van der Waals surface area (Å²) in [6.45, 7) is 9.06. The number of hydrogen-bond acceptors (Lipinski definition) is 6. The maximum absolute atomic E-state index is 7.44. The summed E-state index contributed by atoms with van der Waals surface area (Å²) in [5.74, 6) is 6.86. The third kappa shape index (κ3) is 6.27. The average molecular weight is 1030 g/mol. The van der Waals surface area contributed by atoms with Crippen LogP contribution in [0.25, 0.3) is 22.3 Å². The van der Waals surface area contributed by atoms with E-state index in [1.165, 1.54) is 66.4 Å². The minimum atomic E-state index is -0.429. The normalized spacial score (nSPS) is 15.1. The van der Waals surface area contributed by atoms with Gasteiger partial charge in [-0.2, -0.15) is 0 Å². The fourth-order valence-corrected chi connectivity index (χ4v) is 14.6. The van der Waals surface area contributed by atoms with E-state index < -0.39 is 10.8 Å². The van der Waals surface area contributed by atoms with Crippen LogP contribution in [0, 0.1) is 0 Å². The Labute approximate surface area is 466 Å². The van der Waals surface area contributed by atoms with Crippen molar-refractivity contribution in [2.45, 2.75) is 38.5 Å². The second-order valence-corrected chi connectivity index (χ2v) is 23.1. The average Bonchev–Trinajstić information content (AvgIpc) is 2.43. The molecule has 80 heavy (non-hydrogen) atoms. The van der Waals surface area contributed by atoms with E-state index in [4.69, 9.17) is 18.9 Å². The zero-order valence-corrected chi connectivity index (χ0v) is 44.6. The second kappa shape index (κ2) is 16.4. The van der Waals surface area contributed by atoms with Crippen molar-refractivity contribution in [1.29, 1.82) is 0 Å². The molecule has 378 valence electrons. The van der Waals surface area contributed by atoms with Gasteiger partial charge in [-0.25, -0.2) is 0 Å². The zero-order valence-electron chi connectivity index (χ0n) is 44.6. The van der Waals surface area contributed by atoms with Gasteiger partial charge in [-0.05, 0) is 169 Å². The molecule has 11 aromatic rings. The summed E-state index contributed by atoms with van der Waals surface area (Å²) in [4.78, 5) is 5.03. The summed E-state index contributed by atoms with van der Waals surface area (Å²) in [5.41, 5.74) is 22.4. The van der Waals surface area contributed by atoms with E-state index in [0.717, 1.165) is 91.0 Å². The molecule has 0 saturated carbocycles. The first kappa shape index (κ1) is 45.4. The van der Waals surface area contributed by atoms with Crippen molar-refractivity contribution in [1.82, 2.24) is 0 Å². The van der Waals surface area contributed by atoms with Gasteiger partial charge >= 0.3 is 0 Å². The summed E-state index contributed by atoms with van der Waals surface area (Å²) in [7, 11) is 0. The first-order chi connectivity index (χ1) is 39.2. The van der Waals surface area contributed by atoms with Crippen molar-refractivity contribution in [2.24, 2.45) is 0 Å². The van der Waals surface area contributed by atoms with Gasteiger partial charge in [-0.1, -0.05) is 155 Å². The number of anilines is 6. The number of para-hydroxylation sites is 6. The van der Waals surface area contributed by atoms with E-state index in [2.05, 4.69) is 207 Å². The molecule has 0 spiro atoms. The molecule has 4 aliphatic heterocycles. The van der Waals surface area contributed by atoms with Gasteiger partial charge in [-0.15, -0.1) is 0 Å². The topological polar surface area (TPSA) is 43.4 Å². The summed E-state index contributed by atoms with van der Waals surface area (Å²) in [5, 5.41) is 0. The van der Waals surface area contributed by atoms with E-state index >= 15 is 0 Å². The number of nitrogens with zero attached hydrogens (tertiary/aromatic N) is 2. The van der Waals surface area contributed by atoms with Crippen molar-refractivity contribution < 1.29 is 18.9 Å². The van der Waals surface area contributed by atoms with Crippen LogP contribution in [-0.2, 0) is 10.8 Å². The maximum Gasteiger partial charge on any atom is 0.256 e. The Morgan fingerprint density at radius 1 is 0.338 bits per heavy atom. The molecule has 0 N–H and O–H groups in total. The van der Waals surface area contributed by atoms with Crippen LogP contribution in [0.2, 0.25) is 0 Å². The van der Waals surface area contributed by atoms with Gasteiger partial charge in [0.1, 0.15) is 46.0 Å². The predicted octanol–water partition coefficient (Wildman–Crippen LogP) is 14.7. The SMILES string of the molecule is CC1(C)c2cc(Oc3ccccc3)ccc2-c2cc3c4c(c21)Oc1ccccc1B4c1cc2c(cc1N3c1ccccc1)N(c1ccccc1)c1cc3c(c4c1B2c1ccccc1O4)C(C)(C)c1cc(Oc2ccccc2)ccc1-3. The zero-order chi connectivity index (χ0) is 53.2. The lowest BCUT2D eigenvalue weighted by Crippen LogP contribution is -2.64. The van der Waals surface area contributed by atoms with Crippen molar-refractivity contribution in [3.63, 3.8) is 0 Å². The van der Waals surface area contributed by atoms with E-state index in [1.807, 2.05) is 60.7 Å². The molecule has 0 bridgehead atoms. The van der Waals surface area contributed by atoms with E-state index in [-0.39, 0.29) is 13.4 Å². The van der Waals surface area contributed by atoms with Crippen LogP contribution in [0.15, 0.2) is 231 Å². The summed E-state index contributed by atoms with van der Waals surface area (Å²) < 4.78 is 27.9. The highest BCUT2D eigenvalue weighted by molar-refractivity contribution is 7.02.